The van der Waals surface area contributed by atoms with Crippen molar-refractivity contribution in [2.45, 2.75) is 25.7 Å². The van der Waals surface area contributed by atoms with E-state index in [1.54, 1.807) is 6.92 Å². The number of thiazole rings is 1. The topological polar surface area (TPSA) is 88.5 Å². The number of rotatable bonds is 8. The third-order valence-corrected chi connectivity index (χ3v) is 5.40. The second-order valence-corrected chi connectivity index (χ2v) is 7.64. The van der Waals surface area contributed by atoms with Crippen molar-refractivity contribution in [3.63, 3.8) is 0 Å². The minimum Gasteiger partial charge on any atom is -0.480 e. The zero-order chi connectivity index (χ0) is 20.9. The molecule has 2 aromatic rings. The number of aryl methyl sites for hydroxylation is 1. The highest BCUT2D eigenvalue weighted by Gasteiger charge is 2.31. The summed E-state index contributed by atoms with van der Waals surface area (Å²) in [6.45, 7) is 1.60. The van der Waals surface area contributed by atoms with Crippen LogP contribution in [0, 0.1) is 6.92 Å². The predicted octanol–water partition coefficient (Wildman–Crippen LogP) is 3.95. The lowest BCUT2D eigenvalue weighted by Crippen LogP contribution is -2.41. The molecule has 2 rings (SSSR count). The first kappa shape index (κ1) is 22.0. The molecule has 1 aromatic heterocycles. The second-order valence-electron chi connectivity index (χ2n) is 5.65. The highest BCUT2D eigenvalue weighted by atomic mass is 32.2. The van der Waals surface area contributed by atoms with Gasteiger partial charge in [-0.2, -0.15) is 11.8 Å². The maximum atomic E-state index is 12.4. The minimum atomic E-state index is -4.78. The van der Waals surface area contributed by atoms with Crippen molar-refractivity contribution in [2.75, 3.05) is 12.0 Å². The molecule has 0 bridgehead atoms. The molecule has 1 heterocycles. The van der Waals surface area contributed by atoms with Gasteiger partial charge < -0.3 is 15.2 Å². The molecule has 28 heavy (non-hydrogen) atoms. The molecule has 0 aliphatic carbocycles. The van der Waals surface area contributed by atoms with Crippen molar-refractivity contribution in [1.29, 1.82) is 0 Å². The van der Waals surface area contributed by atoms with Gasteiger partial charge in [0.25, 0.3) is 5.91 Å². The molecule has 0 saturated carbocycles. The Morgan fingerprint density at radius 3 is 2.50 bits per heavy atom. The number of aromatic nitrogens is 1. The molecule has 1 amide bonds. The molecule has 0 saturated heterocycles. The molecule has 1 aromatic carbocycles. The Hall–Kier alpha value is -2.27. The van der Waals surface area contributed by atoms with Crippen molar-refractivity contribution < 1.29 is 32.6 Å². The van der Waals surface area contributed by atoms with Crippen LogP contribution in [0.3, 0.4) is 0 Å². The Morgan fingerprint density at radius 2 is 1.96 bits per heavy atom. The van der Waals surface area contributed by atoms with E-state index in [-0.39, 0.29) is 17.0 Å². The number of carbonyl (C=O) groups is 2. The van der Waals surface area contributed by atoms with Crippen molar-refractivity contribution in [3.05, 3.63) is 34.8 Å². The van der Waals surface area contributed by atoms with Crippen LogP contribution >= 0.6 is 23.1 Å². The molecule has 1 atom stereocenters. The highest BCUT2D eigenvalue weighted by molar-refractivity contribution is 7.98. The van der Waals surface area contributed by atoms with Crippen molar-refractivity contribution in [2.24, 2.45) is 0 Å². The zero-order valence-electron chi connectivity index (χ0n) is 14.9. The number of nitrogens with zero attached hydrogens (tertiary/aromatic N) is 1. The lowest BCUT2D eigenvalue weighted by Gasteiger charge is -2.13. The average molecular weight is 434 g/mol. The van der Waals surface area contributed by atoms with Crippen LogP contribution in [0.25, 0.3) is 10.6 Å². The van der Waals surface area contributed by atoms with Gasteiger partial charge in [-0.3, -0.25) is 4.79 Å². The molecule has 0 aliphatic rings. The summed E-state index contributed by atoms with van der Waals surface area (Å²) < 4.78 is 40.5. The van der Waals surface area contributed by atoms with Gasteiger partial charge in [0.2, 0.25) is 0 Å². The molecule has 0 fully saturated rings. The lowest BCUT2D eigenvalue weighted by atomic mass is 10.2. The fourth-order valence-corrected chi connectivity index (χ4v) is 3.69. The summed E-state index contributed by atoms with van der Waals surface area (Å²) in [5.41, 5.74) is 0.918. The van der Waals surface area contributed by atoms with Crippen LogP contribution in [0.2, 0.25) is 0 Å². The quantitative estimate of drug-likeness (QED) is 0.654. The molecule has 0 spiro atoms. The van der Waals surface area contributed by atoms with Gasteiger partial charge in [-0.1, -0.05) is 0 Å². The van der Waals surface area contributed by atoms with E-state index in [1.165, 1.54) is 23.9 Å². The van der Waals surface area contributed by atoms with Crippen LogP contribution in [-0.2, 0) is 4.79 Å². The Bertz CT molecular complexity index is 838. The summed E-state index contributed by atoms with van der Waals surface area (Å²) in [5, 5.41) is 12.1. The molecule has 6 nitrogen and oxygen atoms in total. The van der Waals surface area contributed by atoms with Gasteiger partial charge in [0.1, 0.15) is 21.7 Å². The normalized spacial score (nSPS) is 12.5. The van der Waals surface area contributed by atoms with E-state index in [1.807, 2.05) is 6.26 Å². The summed E-state index contributed by atoms with van der Waals surface area (Å²) in [6, 6.07) is 4.10. The fourth-order valence-electron chi connectivity index (χ4n) is 2.25. The van der Waals surface area contributed by atoms with E-state index in [4.69, 9.17) is 0 Å². The van der Waals surface area contributed by atoms with E-state index in [9.17, 15) is 27.9 Å². The first-order valence-corrected chi connectivity index (χ1v) is 10.2. The van der Waals surface area contributed by atoms with Crippen molar-refractivity contribution in [1.82, 2.24) is 10.3 Å². The molecular formula is C17H17F3N2O4S2. The van der Waals surface area contributed by atoms with Gasteiger partial charge in [-0.25, -0.2) is 9.78 Å². The van der Waals surface area contributed by atoms with E-state index >= 15 is 0 Å². The Labute approximate surface area is 167 Å². The number of amides is 1. The summed E-state index contributed by atoms with van der Waals surface area (Å²) in [4.78, 5) is 28.2. The number of carboxylic acid groups (broad SMARTS) is 1. The maximum absolute atomic E-state index is 12.4. The van der Waals surface area contributed by atoms with E-state index < -0.39 is 24.3 Å². The Kier molecular flexibility index (Phi) is 7.30. The number of alkyl halides is 3. The number of aliphatic carboxylic acids is 1. The van der Waals surface area contributed by atoms with Crippen molar-refractivity contribution in [3.8, 4) is 16.3 Å². The first-order chi connectivity index (χ1) is 13.1. The maximum Gasteiger partial charge on any atom is 0.573 e. The predicted molar refractivity (Wildman–Crippen MR) is 101 cm³/mol. The number of hydrogen-bond acceptors (Lipinski definition) is 6. The zero-order valence-corrected chi connectivity index (χ0v) is 16.5. The summed E-state index contributed by atoms with van der Waals surface area (Å²) in [6.07, 6.45) is -2.65. The molecule has 0 radical (unpaired) electrons. The number of thioether (sulfide) groups is 1. The van der Waals surface area contributed by atoms with Crippen LogP contribution in [0.5, 0.6) is 5.75 Å². The number of hydrogen-bond donors (Lipinski definition) is 2. The summed E-state index contributed by atoms with van der Waals surface area (Å²) in [7, 11) is 0. The molecule has 0 aliphatic heterocycles. The van der Waals surface area contributed by atoms with Crippen LogP contribution < -0.4 is 10.1 Å². The van der Waals surface area contributed by atoms with E-state index in [2.05, 4.69) is 15.0 Å². The van der Waals surface area contributed by atoms with Crippen LogP contribution in [0.15, 0.2) is 24.3 Å². The number of nitrogens with one attached hydrogen (secondary N) is 1. The molecule has 152 valence electrons. The monoisotopic (exact) mass is 434 g/mol. The Balaban J connectivity index is 2.15. The number of benzene rings is 1. The first-order valence-electron chi connectivity index (χ1n) is 7.97. The second kappa shape index (κ2) is 9.28. The van der Waals surface area contributed by atoms with Crippen LogP contribution in [-0.4, -0.2) is 46.4 Å². The molecular weight excluding hydrogens is 417 g/mol. The smallest absolute Gasteiger partial charge is 0.480 e. The van der Waals surface area contributed by atoms with Gasteiger partial charge in [0.05, 0.1) is 5.69 Å². The fraction of sp³-hybridized carbons (Fsp3) is 0.353. The van der Waals surface area contributed by atoms with Gasteiger partial charge in [-0.15, -0.1) is 24.5 Å². The van der Waals surface area contributed by atoms with Gasteiger partial charge in [0, 0.05) is 5.56 Å². The largest absolute Gasteiger partial charge is 0.573 e. The van der Waals surface area contributed by atoms with Crippen molar-refractivity contribution >= 4 is 35.0 Å². The number of halogens is 3. The third kappa shape index (κ3) is 6.13. The Morgan fingerprint density at radius 1 is 1.32 bits per heavy atom. The SMILES string of the molecule is CSCC[C@H](NC(=O)c1sc(-c2ccc(OC(F)(F)F)cc2)nc1C)C(=O)O. The summed E-state index contributed by atoms with van der Waals surface area (Å²) in [5.74, 6) is -1.45. The number of ether oxygens (including phenoxy) is 1. The molecule has 2 N–H and O–H groups in total. The average Bonchev–Trinajstić information content (AvgIpc) is 2.99. The van der Waals surface area contributed by atoms with Crippen LogP contribution in [0.1, 0.15) is 21.8 Å². The molecule has 0 unspecified atom stereocenters. The minimum absolute atomic E-state index is 0.251. The van der Waals surface area contributed by atoms with E-state index in [0.29, 0.717) is 22.0 Å². The lowest BCUT2D eigenvalue weighted by molar-refractivity contribution is -0.274. The summed E-state index contributed by atoms with van der Waals surface area (Å²) >= 11 is 2.51. The third-order valence-electron chi connectivity index (χ3n) is 3.55. The standard InChI is InChI=1S/C17H17F3N2O4S2/c1-9-13(14(23)22-12(16(24)25)7-8-27-2)28-15(21-9)10-3-5-11(6-4-10)26-17(18,19)20/h3-6,12H,7-8H2,1-2H3,(H,22,23)(H,24,25)/t12-/m0/s1. The van der Waals surface area contributed by atoms with Gasteiger partial charge in [-0.05, 0) is 49.6 Å². The number of carboxylic acids is 1. The number of carbonyl (C=O) groups excluding carboxylic acids is 1. The van der Waals surface area contributed by atoms with Crippen LogP contribution in [0.4, 0.5) is 13.2 Å². The van der Waals surface area contributed by atoms with Gasteiger partial charge >= 0.3 is 12.3 Å². The van der Waals surface area contributed by atoms with E-state index in [0.717, 1.165) is 23.5 Å². The highest BCUT2D eigenvalue weighted by Crippen LogP contribution is 2.30. The molecule has 11 heteroatoms. The van der Waals surface area contributed by atoms with Gasteiger partial charge in [0.15, 0.2) is 0 Å².